The lowest BCUT2D eigenvalue weighted by molar-refractivity contribution is -0.126. The van der Waals surface area contributed by atoms with Crippen LogP contribution in [0.5, 0.6) is 0 Å². The molecular formula is C21H29FN6O2S. The Morgan fingerprint density at radius 3 is 2.74 bits per heavy atom. The molecule has 1 saturated carbocycles. The molecule has 0 radical (unpaired) electrons. The van der Waals surface area contributed by atoms with Crippen molar-refractivity contribution in [3.63, 3.8) is 0 Å². The molecule has 0 bridgehead atoms. The Morgan fingerprint density at radius 1 is 1.26 bits per heavy atom. The quantitative estimate of drug-likeness (QED) is 0.576. The largest absolute Gasteiger partial charge is 0.351 e. The number of piperazine rings is 1. The van der Waals surface area contributed by atoms with Crippen molar-refractivity contribution in [3.8, 4) is 0 Å². The third-order valence-corrected chi connectivity index (χ3v) is 6.86. The van der Waals surface area contributed by atoms with Crippen molar-refractivity contribution in [2.75, 3.05) is 19.6 Å². The SMILES string of the molecule is NC(=O)N([C@@H]1CCCC[C@H]1CN1CC(=O)N[C@@H](Cc2ccc(F)cc2)C1)N1NC=CS1. The number of rotatable bonds is 6. The Hall–Kier alpha value is -2.30. The molecule has 1 aliphatic carbocycles. The Balaban J connectivity index is 1.42. The zero-order chi connectivity index (χ0) is 21.8. The lowest BCUT2D eigenvalue weighted by atomic mass is 9.83. The molecule has 0 aromatic heterocycles. The van der Waals surface area contributed by atoms with Gasteiger partial charge < -0.3 is 11.1 Å². The number of nitrogens with zero attached hydrogens (tertiary/aromatic N) is 3. The molecule has 2 heterocycles. The lowest BCUT2D eigenvalue weighted by Crippen LogP contribution is -2.60. The van der Waals surface area contributed by atoms with Crippen LogP contribution in [0.1, 0.15) is 31.2 Å². The van der Waals surface area contributed by atoms with Crippen molar-refractivity contribution in [2.24, 2.45) is 11.7 Å². The van der Waals surface area contributed by atoms with E-state index < -0.39 is 6.03 Å². The van der Waals surface area contributed by atoms with Gasteiger partial charge in [0.25, 0.3) is 0 Å². The van der Waals surface area contributed by atoms with E-state index in [1.807, 2.05) is 5.41 Å². The number of amides is 3. The number of urea groups is 1. The first kappa shape index (κ1) is 21.9. The summed E-state index contributed by atoms with van der Waals surface area (Å²) in [5.74, 6) is -0.0404. The van der Waals surface area contributed by atoms with Gasteiger partial charge in [-0.1, -0.05) is 29.5 Å². The predicted octanol–water partition coefficient (Wildman–Crippen LogP) is 1.96. The molecule has 10 heteroatoms. The van der Waals surface area contributed by atoms with E-state index in [1.54, 1.807) is 27.9 Å². The first-order valence-corrected chi connectivity index (χ1v) is 11.6. The molecule has 168 valence electrons. The smallest absolute Gasteiger partial charge is 0.331 e. The minimum Gasteiger partial charge on any atom is -0.351 e. The van der Waals surface area contributed by atoms with Gasteiger partial charge in [0, 0.05) is 30.7 Å². The van der Waals surface area contributed by atoms with E-state index in [9.17, 15) is 14.0 Å². The topological polar surface area (TPSA) is 93.9 Å². The van der Waals surface area contributed by atoms with Gasteiger partial charge >= 0.3 is 6.03 Å². The van der Waals surface area contributed by atoms with Crippen molar-refractivity contribution in [2.45, 2.75) is 44.2 Å². The van der Waals surface area contributed by atoms with Crippen molar-refractivity contribution in [1.82, 2.24) is 25.2 Å². The normalized spacial score (nSPS) is 27.0. The first-order valence-electron chi connectivity index (χ1n) is 10.7. The summed E-state index contributed by atoms with van der Waals surface area (Å²) in [4.78, 5) is 26.8. The highest BCUT2D eigenvalue weighted by Gasteiger charge is 2.38. The van der Waals surface area contributed by atoms with Crippen LogP contribution in [0.25, 0.3) is 0 Å². The van der Waals surface area contributed by atoms with Crippen molar-refractivity contribution in [1.29, 1.82) is 0 Å². The van der Waals surface area contributed by atoms with Gasteiger partial charge in [-0.3, -0.25) is 15.1 Å². The number of carbonyl (C=O) groups excluding carboxylic acids is 2. The van der Waals surface area contributed by atoms with E-state index in [2.05, 4.69) is 15.6 Å². The average Bonchev–Trinajstić information content (AvgIpc) is 3.25. The summed E-state index contributed by atoms with van der Waals surface area (Å²) < 4.78 is 14.9. The van der Waals surface area contributed by atoms with E-state index in [1.165, 1.54) is 24.1 Å². The van der Waals surface area contributed by atoms with E-state index in [-0.39, 0.29) is 29.7 Å². The molecule has 4 rings (SSSR count). The van der Waals surface area contributed by atoms with Crippen LogP contribution in [-0.4, -0.2) is 58.1 Å². The summed E-state index contributed by atoms with van der Waals surface area (Å²) in [6, 6.07) is 5.89. The van der Waals surface area contributed by atoms with Crippen LogP contribution in [0.15, 0.2) is 35.9 Å². The summed E-state index contributed by atoms with van der Waals surface area (Å²) in [5.41, 5.74) is 9.78. The van der Waals surface area contributed by atoms with Gasteiger partial charge in [0.1, 0.15) is 5.82 Å². The molecule has 1 aromatic carbocycles. The van der Waals surface area contributed by atoms with Gasteiger partial charge in [0.05, 0.1) is 12.6 Å². The molecule has 2 aliphatic heterocycles. The molecule has 3 aliphatic rings. The van der Waals surface area contributed by atoms with Gasteiger partial charge in [0.2, 0.25) is 5.91 Å². The number of hydrogen-bond acceptors (Lipinski definition) is 6. The van der Waals surface area contributed by atoms with Gasteiger partial charge in [0.15, 0.2) is 0 Å². The number of hydrogen-bond donors (Lipinski definition) is 3. The minimum absolute atomic E-state index is 0.00144. The second-order valence-electron chi connectivity index (χ2n) is 8.39. The van der Waals surface area contributed by atoms with Crippen LogP contribution in [0.2, 0.25) is 0 Å². The Kier molecular flexibility index (Phi) is 6.99. The van der Waals surface area contributed by atoms with E-state index in [4.69, 9.17) is 5.73 Å². The highest BCUT2D eigenvalue weighted by molar-refractivity contribution is 8.00. The number of halogens is 1. The zero-order valence-corrected chi connectivity index (χ0v) is 18.2. The van der Waals surface area contributed by atoms with Crippen molar-refractivity contribution < 1.29 is 14.0 Å². The maximum atomic E-state index is 13.2. The van der Waals surface area contributed by atoms with Crippen LogP contribution in [-0.2, 0) is 11.2 Å². The van der Waals surface area contributed by atoms with Gasteiger partial charge in [-0.15, -0.1) is 0 Å². The molecule has 3 atom stereocenters. The number of primary amides is 1. The van der Waals surface area contributed by atoms with E-state index in [0.717, 1.165) is 44.3 Å². The Morgan fingerprint density at radius 2 is 2.03 bits per heavy atom. The molecular weight excluding hydrogens is 419 g/mol. The Labute approximate surface area is 186 Å². The number of nitrogens with one attached hydrogen (secondary N) is 2. The van der Waals surface area contributed by atoms with Gasteiger partial charge in [-0.05, 0) is 54.8 Å². The summed E-state index contributed by atoms with van der Waals surface area (Å²) in [6.07, 6.45) is 6.44. The minimum atomic E-state index is -0.480. The number of hydrazine groups is 2. The molecule has 0 spiro atoms. The van der Waals surface area contributed by atoms with Crippen LogP contribution < -0.4 is 16.5 Å². The lowest BCUT2D eigenvalue weighted by Gasteiger charge is -2.44. The second kappa shape index (κ2) is 9.88. The average molecular weight is 449 g/mol. The van der Waals surface area contributed by atoms with Gasteiger partial charge in [-0.25, -0.2) is 14.2 Å². The molecule has 1 saturated heterocycles. The van der Waals surface area contributed by atoms with E-state index >= 15 is 0 Å². The fourth-order valence-electron chi connectivity index (χ4n) is 4.83. The molecule has 0 unspecified atom stereocenters. The van der Waals surface area contributed by atoms with Crippen LogP contribution in [0, 0.1) is 11.7 Å². The standard InChI is InChI=1S/C21H29FN6O2S/c22-17-7-5-15(6-8-17)11-18-13-26(14-20(29)25-18)12-16-3-1-2-4-19(16)27(21(23)30)28-24-9-10-31-28/h5-10,16,18-19,24H,1-4,11-14H2,(H2,23,30)(H,25,29)/t16-,18-,19+/m0/s1. The fourth-order valence-corrected chi connectivity index (χ4v) is 5.49. The van der Waals surface area contributed by atoms with Crippen molar-refractivity contribution in [3.05, 3.63) is 47.3 Å². The number of benzene rings is 1. The van der Waals surface area contributed by atoms with Gasteiger partial charge in [-0.2, -0.15) is 0 Å². The molecule has 8 nitrogen and oxygen atoms in total. The first-order chi connectivity index (χ1) is 15.0. The fraction of sp³-hybridized carbons (Fsp3) is 0.524. The van der Waals surface area contributed by atoms with Crippen LogP contribution in [0.3, 0.4) is 0 Å². The van der Waals surface area contributed by atoms with E-state index in [0.29, 0.717) is 13.0 Å². The highest BCUT2D eigenvalue weighted by Crippen LogP contribution is 2.32. The van der Waals surface area contributed by atoms with Crippen molar-refractivity contribution >= 4 is 23.9 Å². The second-order valence-corrected chi connectivity index (χ2v) is 9.22. The molecule has 4 N–H and O–H groups in total. The van der Waals surface area contributed by atoms with Crippen LogP contribution in [0.4, 0.5) is 9.18 Å². The summed E-state index contributed by atoms with van der Waals surface area (Å²) >= 11 is 1.39. The summed E-state index contributed by atoms with van der Waals surface area (Å²) in [7, 11) is 0. The summed E-state index contributed by atoms with van der Waals surface area (Å²) in [5, 5.41) is 6.54. The highest BCUT2D eigenvalue weighted by atomic mass is 32.2. The third-order valence-electron chi connectivity index (χ3n) is 6.12. The maximum Gasteiger partial charge on any atom is 0.331 e. The van der Waals surface area contributed by atoms with Crippen LogP contribution >= 0.6 is 11.9 Å². The zero-order valence-electron chi connectivity index (χ0n) is 17.4. The monoisotopic (exact) mass is 448 g/mol. The molecule has 1 aromatic rings. The summed E-state index contributed by atoms with van der Waals surface area (Å²) in [6.45, 7) is 1.80. The Bertz CT molecular complexity index is 815. The molecule has 2 fully saturated rings. The number of nitrogens with two attached hydrogens (primary N) is 1. The molecule has 31 heavy (non-hydrogen) atoms. The third kappa shape index (κ3) is 5.50. The predicted molar refractivity (Wildman–Crippen MR) is 117 cm³/mol. The molecule has 3 amide bonds. The number of carbonyl (C=O) groups is 2. The maximum absolute atomic E-state index is 13.2.